The van der Waals surface area contributed by atoms with Crippen molar-refractivity contribution in [1.29, 1.82) is 0 Å². The van der Waals surface area contributed by atoms with Crippen LogP contribution in [0.15, 0.2) is 46.4 Å². The summed E-state index contributed by atoms with van der Waals surface area (Å²) in [6.07, 6.45) is 5.29. The van der Waals surface area contributed by atoms with Crippen molar-refractivity contribution in [1.82, 2.24) is 9.55 Å². The number of rotatable bonds is 4. The summed E-state index contributed by atoms with van der Waals surface area (Å²) in [7, 11) is 0. The summed E-state index contributed by atoms with van der Waals surface area (Å²) in [4.78, 5) is 16.4. The molecule has 2 rings (SSSR count). The Hall–Kier alpha value is -1.42. The smallest absolute Gasteiger partial charge is 0.261 e. The summed E-state index contributed by atoms with van der Waals surface area (Å²) in [5, 5.41) is 0.661. The molecule has 1 aromatic heterocycles. The molecule has 88 valence electrons. The van der Waals surface area contributed by atoms with Crippen LogP contribution in [0.4, 0.5) is 0 Å². The van der Waals surface area contributed by atoms with Crippen LogP contribution in [0, 0.1) is 0 Å². The molecule has 4 heteroatoms. The fourth-order valence-electron chi connectivity index (χ4n) is 1.70. The number of hydrogen-bond donors (Lipinski definition) is 0. The molecular weight excluding hydrogens is 280 g/mol. The second kappa shape index (κ2) is 5.27. The highest BCUT2D eigenvalue weighted by Gasteiger charge is 2.03. The molecule has 0 amide bonds. The zero-order chi connectivity index (χ0) is 12.3. The molecule has 1 heterocycles. The van der Waals surface area contributed by atoms with Crippen molar-refractivity contribution in [2.24, 2.45) is 0 Å². The number of fused-ring (bicyclic) bond motifs is 1. The number of benzene rings is 1. The van der Waals surface area contributed by atoms with Gasteiger partial charge in [-0.3, -0.25) is 9.36 Å². The van der Waals surface area contributed by atoms with Gasteiger partial charge in [-0.15, -0.1) is 6.58 Å². The number of unbranched alkanes of at least 4 members (excludes halogenated alkanes) is 1. The van der Waals surface area contributed by atoms with Crippen LogP contribution >= 0.6 is 15.9 Å². The van der Waals surface area contributed by atoms with Gasteiger partial charge in [-0.25, -0.2) is 4.98 Å². The minimum absolute atomic E-state index is 0.0200. The van der Waals surface area contributed by atoms with Gasteiger partial charge in [-0.2, -0.15) is 0 Å². The van der Waals surface area contributed by atoms with Crippen molar-refractivity contribution in [3.63, 3.8) is 0 Å². The van der Waals surface area contributed by atoms with E-state index in [2.05, 4.69) is 27.5 Å². The summed E-state index contributed by atoms with van der Waals surface area (Å²) in [5.74, 6) is 0. The first-order valence-corrected chi connectivity index (χ1v) is 6.27. The zero-order valence-corrected chi connectivity index (χ0v) is 11.0. The molecule has 0 N–H and O–H groups in total. The van der Waals surface area contributed by atoms with Gasteiger partial charge in [-0.1, -0.05) is 22.0 Å². The maximum absolute atomic E-state index is 12.1. The van der Waals surface area contributed by atoms with Gasteiger partial charge in [0.05, 0.1) is 17.2 Å². The van der Waals surface area contributed by atoms with Crippen LogP contribution in [0.2, 0.25) is 0 Å². The predicted octanol–water partition coefficient (Wildman–Crippen LogP) is 3.13. The van der Waals surface area contributed by atoms with E-state index in [0.717, 1.165) is 22.8 Å². The maximum atomic E-state index is 12.1. The molecular formula is C13H13BrN2O. The van der Waals surface area contributed by atoms with E-state index in [1.165, 1.54) is 0 Å². The van der Waals surface area contributed by atoms with E-state index in [4.69, 9.17) is 0 Å². The van der Waals surface area contributed by atoms with E-state index in [1.54, 1.807) is 17.0 Å². The summed E-state index contributed by atoms with van der Waals surface area (Å²) in [5.41, 5.74) is 0.746. The third-order valence-corrected chi connectivity index (χ3v) is 3.09. The van der Waals surface area contributed by atoms with Crippen molar-refractivity contribution < 1.29 is 0 Å². The summed E-state index contributed by atoms with van der Waals surface area (Å²) < 4.78 is 2.58. The molecule has 3 nitrogen and oxygen atoms in total. The first kappa shape index (κ1) is 12.0. The zero-order valence-electron chi connectivity index (χ0n) is 9.40. The fourth-order valence-corrected chi connectivity index (χ4v) is 2.05. The number of halogens is 1. The lowest BCUT2D eigenvalue weighted by Crippen LogP contribution is -2.20. The minimum atomic E-state index is 0.0200. The average molecular weight is 293 g/mol. The molecule has 0 unspecified atom stereocenters. The van der Waals surface area contributed by atoms with Crippen LogP contribution in [0.5, 0.6) is 0 Å². The van der Waals surface area contributed by atoms with E-state index in [0.29, 0.717) is 11.9 Å². The Morgan fingerprint density at radius 3 is 3.06 bits per heavy atom. The Bertz CT molecular complexity index is 604. The van der Waals surface area contributed by atoms with Crippen molar-refractivity contribution in [3.8, 4) is 0 Å². The van der Waals surface area contributed by atoms with Gasteiger partial charge < -0.3 is 0 Å². The molecule has 0 fully saturated rings. The second-order valence-corrected chi connectivity index (χ2v) is 4.75. The van der Waals surface area contributed by atoms with Gasteiger partial charge in [-0.05, 0) is 31.0 Å². The highest BCUT2D eigenvalue weighted by Crippen LogP contribution is 2.14. The topological polar surface area (TPSA) is 34.9 Å². The lowest BCUT2D eigenvalue weighted by atomic mass is 10.2. The van der Waals surface area contributed by atoms with E-state index in [9.17, 15) is 4.79 Å². The first-order chi connectivity index (χ1) is 8.22. The number of hydrogen-bond acceptors (Lipinski definition) is 2. The predicted molar refractivity (Wildman–Crippen MR) is 73.1 cm³/mol. The lowest BCUT2D eigenvalue weighted by molar-refractivity contribution is 0.624. The van der Waals surface area contributed by atoms with E-state index in [1.807, 2.05) is 18.2 Å². The Balaban J connectivity index is 2.40. The number of nitrogens with zero attached hydrogens (tertiary/aromatic N) is 2. The van der Waals surface area contributed by atoms with Gasteiger partial charge in [0.15, 0.2) is 0 Å². The highest BCUT2D eigenvalue weighted by molar-refractivity contribution is 9.10. The van der Waals surface area contributed by atoms with Crippen LogP contribution < -0.4 is 5.56 Å². The Morgan fingerprint density at radius 1 is 1.47 bits per heavy atom. The van der Waals surface area contributed by atoms with E-state index in [-0.39, 0.29) is 5.56 Å². The van der Waals surface area contributed by atoms with Crippen LogP contribution in [0.1, 0.15) is 12.8 Å². The van der Waals surface area contributed by atoms with Crippen molar-refractivity contribution >= 4 is 26.8 Å². The van der Waals surface area contributed by atoms with E-state index >= 15 is 0 Å². The van der Waals surface area contributed by atoms with Gasteiger partial charge >= 0.3 is 0 Å². The lowest BCUT2D eigenvalue weighted by Gasteiger charge is -2.05. The molecule has 0 saturated heterocycles. The molecule has 2 aromatic rings. The molecule has 17 heavy (non-hydrogen) atoms. The van der Waals surface area contributed by atoms with Crippen molar-refractivity contribution in [2.75, 3.05) is 0 Å². The Labute approximate surface area is 108 Å². The largest absolute Gasteiger partial charge is 0.299 e. The third-order valence-electron chi connectivity index (χ3n) is 2.59. The molecule has 0 aliphatic carbocycles. The number of aryl methyl sites for hydroxylation is 1. The summed E-state index contributed by atoms with van der Waals surface area (Å²) >= 11 is 3.37. The second-order valence-electron chi connectivity index (χ2n) is 3.84. The van der Waals surface area contributed by atoms with Gasteiger partial charge in [0.1, 0.15) is 0 Å². The minimum Gasteiger partial charge on any atom is -0.299 e. The first-order valence-electron chi connectivity index (χ1n) is 5.48. The van der Waals surface area contributed by atoms with E-state index < -0.39 is 0 Å². The number of allylic oxidation sites excluding steroid dienone is 1. The standard InChI is InChI=1S/C13H13BrN2O/c1-2-3-4-7-16-9-15-12-8-10(14)5-6-11(12)13(16)17/h2,5-6,8-9H,1,3-4,7H2. The molecule has 0 atom stereocenters. The van der Waals surface area contributed by atoms with Crippen LogP contribution in [-0.4, -0.2) is 9.55 Å². The normalized spacial score (nSPS) is 10.6. The molecule has 0 saturated carbocycles. The van der Waals surface area contributed by atoms with Crippen molar-refractivity contribution in [3.05, 3.63) is 52.0 Å². The third kappa shape index (κ3) is 2.64. The van der Waals surface area contributed by atoms with Gasteiger partial charge in [0, 0.05) is 11.0 Å². The highest BCUT2D eigenvalue weighted by atomic mass is 79.9. The Morgan fingerprint density at radius 2 is 2.29 bits per heavy atom. The molecule has 0 aliphatic heterocycles. The number of aromatic nitrogens is 2. The average Bonchev–Trinajstić information content (AvgIpc) is 2.32. The SMILES string of the molecule is C=CCCCn1cnc2cc(Br)ccc2c1=O. The molecule has 0 spiro atoms. The molecule has 0 radical (unpaired) electrons. The van der Waals surface area contributed by atoms with Crippen LogP contribution in [0.25, 0.3) is 10.9 Å². The molecule has 1 aromatic carbocycles. The summed E-state index contributed by atoms with van der Waals surface area (Å²) in [6, 6.07) is 5.52. The molecule has 0 aliphatic rings. The van der Waals surface area contributed by atoms with Crippen LogP contribution in [0.3, 0.4) is 0 Å². The van der Waals surface area contributed by atoms with Gasteiger partial charge in [0.25, 0.3) is 5.56 Å². The Kier molecular flexibility index (Phi) is 3.74. The van der Waals surface area contributed by atoms with Crippen molar-refractivity contribution in [2.45, 2.75) is 19.4 Å². The maximum Gasteiger partial charge on any atom is 0.261 e. The quantitative estimate of drug-likeness (QED) is 0.641. The van der Waals surface area contributed by atoms with Crippen LogP contribution in [-0.2, 0) is 6.54 Å². The monoisotopic (exact) mass is 292 g/mol. The molecule has 0 bridgehead atoms. The van der Waals surface area contributed by atoms with Gasteiger partial charge in [0.2, 0.25) is 0 Å². The fraction of sp³-hybridized carbons (Fsp3) is 0.231. The summed E-state index contributed by atoms with van der Waals surface area (Å²) in [6.45, 7) is 4.35.